The summed E-state index contributed by atoms with van der Waals surface area (Å²) in [5.74, 6) is -0.503. The molecule has 132 valence electrons. The third-order valence-corrected chi connectivity index (χ3v) is 5.11. The number of rotatable bonds is 2. The number of alkyl halides is 3. The van der Waals surface area contributed by atoms with Gasteiger partial charge in [-0.25, -0.2) is 9.37 Å². The van der Waals surface area contributed by atoms with Crippen molar-refractivity contribution >= 4 is 44.8 Å². The van der Waals surface area contributed by atoms with Crippen LogP contribution in [0.4, 0.5) is 17.6 Å². The van der Waals surface area contributed by atoms with E-state index in [1.165, 1.54) is 18.2 Å². The van der Waals surface area contributed by atoms with Crippen LogP contribution in [0.5, 0.6) is 0 Å². The second kappa shape index (κ2) is 6.52. The largest absolute Gasteiger partial charge is 0.400 e. The van der Waals surface area contributed by atoms with E-state index in [0.29, 0.717) is 5.56 Å². The number of nitrogens with zero attached hydrogens (tertiary/aromatic N) is 2. The molecular formula is C16H9BrCl2F4N2. The number of hydrogen-bond acceptors (Lipinski definition) is 2. The van der Waals surface area contributed by atoms with Crippen molar-refractivity contribution in [1.29, 1.82) is 0 Å². The van der Waals surface area contributed by atoms with Crippen molar-refractivity contribution in [3.05, 3.63) is 62.1 Å². The molecule has 0 spiro atoms. The van der Waals surface area contributed by atoms with Gasteiger partial charge in [0.2, 0.25) is 0 Å². The molecule has 1 unspecified atom stereocenters. The minimum absolute atomic E-state index is 0.0927. The standard InChI is InChI=1S/C16H9BrCl2F4N2/c17-10-3-8(1-2-11(10)20)12-6-15(7-24-12,16(21,22)23)9-4-13(18)25-14(19)5-9/h1-5H,6-7H2. The van der Waals surface area contributed by atoms with E-state index >= 15 is 0 Å². The third kappa shape index (κ3) is 3.41. The summed E-state index contributed by atoms with van der Waals surface area (Å²) < 4.78 is 55.4. The van der Waals surface area contributed by atoms with E-state index in [1.54, 1.807) is 0 Å². The quantitative estimate of drug-likeness (QED) is 0.403. The van der Waals surface area contributed by atoms with Gasteiger partial charge in [0.15, 0.2) is 0 Å². The molecule has 0 fully saturated rings. The second-order valence-electron chi connectivity index (χ2n) is 5.65. The van der Waals surface area contributed by atoms with Crippen molar-refractivity contribution in [2.24, 2.45) is 4.99 Å². The number of benzene rings is 1. The highest BCUT2D eigenvalue weighted by Crippen LogP contribution is 2.48. The Kier molecular flexibility index (Phi) is 4.85. The van der Waals surface area contributed by atoms with Crippen molar-refractivity contribution in [2.45, 2.75) is 18.0 Å². The van der Waals surface area contributed by atoms with Crippen LogP contribution in [0.25, 0.3) is 0 Å². The number of pyridine rings is 1. The molecule has 0 bridgehead atoms. The third-order valence-electron chi connectivity index (χ3n) is 4.12. The molecule has 2 heterocycles. The molecule has 1 aromatic carbocycles. The minimum Gasteiger partial charge on any atom is -0.288 e. The summed E-state index contributed by atoms with van der Waals surface area (Å²) in [7, 11) is 0. The lowest BCUT2D eigenvalue weighted by Crippen LogP contribution is -2.43. The first kappa shape index (κ1) is 18.6. The molecule has 2 aromatic rings. The van der Waals surface area contributed by atoms with Gasteiger partial charge in [-0.05, 0) is 51.3 Å². The van der Waals surface area contributed by atoms with Gasteiger partial charge in [0.25, 0.3) is 0 Å². The molecule has 25 heavy (non-hydrogen) atoms. The molecule has 1 aliphatic rings. The molecule has 9 heteroatoms. The average Bonchev–Trinajstić information content (AvgIpc) is 2.95. The average molecular weight is 456 g/mol. The van der Waals surface area contributed by atoms with Crippen molar-refractivity contribution in [3.8, 4) is 0 Å². The summed E-state index contributed by atoms with van der Waals surface area (Å²) in [6, 6.07) is 6.29. The van der Waals surface area contributed by atoms with Crippen LogP contribution >= 0.6 is 39.1 Å². The molecule has 0 aliphatic carbocycles. The molecule has 1 aliphatic heterocycles. The van der Waals surface area contributed by atoms with Gasteiger partial charge in [0.1, 0.15) is 21.5 Å². The number of aromatic nitrogens is 1. The first-order chi connectivity index (χ1) is 11.6. The minimum atomic E-state index is -4.58. The molecule has 2 nitrogen and oxygen atoms in total. The summed E-state index contributed by atoms with van der Waals surface area (Å²) in [6.07, 6.45) is -4.98. The highest BCUT2D eigenvalue weighted by molar-refractivity contribution is 9.10. The number of aliphatic imine (C=N–C) groups is 1. The van der Waals surface area contributed by atoms with E-state index in [2.05, 4.69) is 25.9 Å². The lowest BCUT2D eigenvalue weighted by atomic mass is 9.77. The zero-order chi connectivity index (χ0) is 18.4. The summed E-state index contributed by atoms with van der Waals surface area (Å²) in [4.78, 5) is 7.77. The van der Waals surface area contributed by atoms with E-state index in [0.717, 1.165) is 12.1 Å². The van der Waals surface area contributed by atoms with Crippen molar-refractivity contribution in [1.82, 2.24) is 4.98 Å². The Morgan fingerprint density at radius 3 is 2.28 bits per heavy atom. The predicted molar refractivity (Wildman–Crippen MR) is 92.1 cm³/mol. The Balaban J connectivity index is 2.04. The lowest BCUT2D eigenvalue weighted by molar-refractivity contribution is -0.183. The van der Waals surface area contributed by atoms with Gasteiger partial charge in [-0.15, -0.1) is 0 Å². The van der Waals surface area contributed by atoms with E-state index in [-0.39, 0.29) is 26.1 Å². The van der Waals surface area contributed by atoms with E-state index in [4.69, 9.17) is 23.2 Å². The van der Waals surface area contributed by atoms with Gasteiger partial charge < -0.3 is 0 Å². The van der Waals surface area contributed by atoms with E-state index in [9.17, 15) is 17.6 Å². The van der Waals surface area contributed by atoms with Crippen LogP contribution in [-0.2, 0) is 5.41 Å². The number of hydrogen-bond donors (Lipinski definition) is 0. The fourth-order valence-corrected chi connectivity index (χ4v) is 3.62. The Labute approximate surface area is 159 Å². The van der Waals surface area contributed by atoms with Crippen molar-refractivity contribution in [3.63, 3.8) is 0 Å². The highest BCUT2D eigenvalue weighted by Gasteiger charge is 2.58. The predicted octanol–water partition coefficient (Wildman–Crippen LogP) is 5.98. The van der Waals surface area contributed by atoms with Crippen LogP contribution in [0.2, 0.25) is 10.3 Å². The van der Waals surface area contributed by atoms with Crippen LogP contribution < -0.4 is 0 Å². The maximum Gasteiger partial charge on any atom is 0.400 e. The topological polar surface area (TPSA) is 25.2 Å². The smallest absolute Gasteiger partial charge is 0.288 e. The molecular weight excluding hydrogens is 447 g/mol. The van der Waals surface area contributed by atoms with Crippen LogP contribution in [-0.4, -0.2) is 23.4 Å². The number of halogens is 7. The van der Waals surface area contributed by atoms with Crippen LogP contribution in [0, 0.1) is 5.82 Å². The zero-order valence-corrected chi connectivity index (χ0v) is 15.4. The summed E-state index contributed by atoms with van der Waals surface area (Å²) in [6.45, 7) is -0.502. The molecule has 1 atom stereocenters. The Morgan fingerprint density at radius 2 is 1.72 bits per heavy atom. The first-order valence-corrected chi connectivity index (χ1v) is 8.56. The van der Waals surface area contributed by atoms with Gasteiger partial charge >= 0.3 is 6.18 Å². The molecule has 1 aromatic heterocycles. The zero-order valence-electron chi connectivity index (χ0n) is 12.3. The Morgan fingerprint density at radius 1 is 1.08 bits per heavy atom. The Bertz CT molecular complexity index is 849. The van der Waals surface area contributed by atoms with Gasteiger partial charge in [-0.3, -0.25) is 4.99 Å². The van der Waals surface area contributed by atoms with Gasteiger partial charge in [-0.1, -0.05) is 29.3 Å². The maximum absolute atomic E-state index is 13.9. The molecule has 3 rings (SSSR count). The van der Waals surface area contributed by atoms with E-state index in [1.807, 2.05) is 0 Å². The molecule has 0 saturated heterocycles. The maximum atomic E-state index is 13.9. The van der Waals surface area contributed by atoms with Crippen LogP contribution in [0.15, 0.2) is 39.8 Å². The summed E-state index contributed by atoms with van der Waals surface area (Å²) in [5, 5.41) is -0.242. The molecule has 0 saturated carbocycles. The molecule has 0 amide bonds. The SMILES string of the molecule is Fc1ccc(C2=NCC(c3cc(Cl)nc(Cl)c3)(C(F)(F)F)C2)cc1Br. The Hall–Kier alpha value is -1.18. The first-order valence-electron chi connectivity index (χ1n) is 7.01. The van der Waals surface area contributed by atoms with Crippen molar-refractivity contribution in [2.75, 3.05) is 6.54 Å². The van der Waals surface area contributed by atoms with Gasteiger partial charge in [0.05, 0.1) is 11.0 Å². The monoisotopic (exact) mass is 454 g/mol. The summed E-state index contributed by atoms with van der Waals surface area (Å²) in [5.41, 5.74) is -1.68. The normalized spacial score (nSPS) is 20.7. The fourth-order valence-electron chi connectivity index (χ4n) is 2.79. The van der Waals surface area contributed by atoms with Gasteiger partial charge in [-0.2, -0.15) is 13.2 Å². The molecule has 0 radical (unpaired) electrons. The van der Waals surface area contributed by atoms with Crippen LogP contribution in [0.3, 0.4) is 0 Å². The second-order valence-corrected chi connectivity index (χ2v) is 7.28. The van der Waals surface area contributed by atoms with E-state index < -0.39 is 30.4 Å². The van der Waals surface area contributed by atoms with Crippen molar-refractivity contribution < 1.29 is 17.6 Å². The fraction of sp³-hybridized carbons (Fsp3) is 0.250. The highest BCUT2D eigenvalue weighted by atomic mass is 79.9. The summed E-state index contributed by atoms with van der Waals surface area (Å²) >= 11 is 14.6. The van der Waals surface area contributed by atoms with Crippen LogP contribution in [0.1, 0.15) is 17.5 Å². The lowest BCUT2D eigenvalue weighted by Gasteiger charge is -2.31. The molecule has 0 N–H and O–H groups in total. The van der Waals surface area contributed by atoms with Gasteiger partial charge in [0, 0.05) is 12.1 Å².